The van der Waals surface area contributed by atoms with Gasteiger partial charge >= 0.3 is 0 Å². The molecule has 4 N–H and O–H groups in total. The minimum Gasteiger partial charge on any atom is -0.324 e. The predicted molar refractivity (Wildman–Crippen MR) is 146 cm³/mol. The van der Waals surface area contributed by atoms with Crippen molar-refractivity contribution in [1.29, 1.82) is 0 Å². The number of nitrogens with zero attached hydrogens (tertiary/aromatic N) is 1. The maximum absolute atomic E-state index is 15.0. The predicted octanol–water partition coefficient (Wildman–Crippen LogP) is 3.88. The van der Waals surface area contributed by atoms with Crippen molar-refractivity contribution in [2.45, 2.75) is 63.6 Å². The molecule has 2 aromatic rings. The van der Waals surface area contributed by atoms with E-state index in [1.807, 2.05) is 26.0 Å². The SMILES string of the molecule is CC(C)[C@H](c1ccc(Cl)cc1)[C@H](N)C(=O)Nc1cccc(F)c1CCC1CNC2CCCS(=O)(=O)N1C2. The molecule has 2 fully saturated rings. The highest BCUT2D eigenvalue weighted by atomic mass is 35.5. The average Bonchev–Trinajstić information content (AvgIpc) is 2.96. The van der Waals surface area contributed by atoms with Gasteiger partial charge in [-0.05, 0) is 61.4 Å². The van der Waals surface area contributed by atoms with Crippen molar-refractivity contribution in [3.05, 3.63) is 64.4 Å². The van der Waals surface area contributed by atoms with E-state index in [4.69, 9.17) is 17.3 Å². The van der Waals surface area contributed by atoms with Gasteiger partial charge in [0.2, 0.25) is 15.9 Å². The van der Waals surface area contributed by atoms with Gasteiger partial charge in [0.05, 0.1) is 11.8 Å². The van der Waals surface area contributed by atoms with Gasteiger partial charge in [0.15, 0.2) is 0 Å². The number of nitrogens with one attached hydrogen (secondary N) is 2. The number of fused-ring (bicyclic) bond motifs is 2. The topological polar surface area (TPSA) is 105 Å². The fourth-order valence-electron chi connectivity index (χ4n) is 5.56. The molecule has 10 heteroatoms. The van der Waals surface area contributed by atoms with Gasteiger partial charge in [-0.3, -0.25) is 4.79 Å². The molecule has 7 nitrogen and oxygen atoms in total. The lowest BCUT2D eigenvalue weighted by atomic mass is 9.82. The molecule has 5 atom stereocenters. The van der Waals surface area contributed by atoms with Gasteiger partial charge in [0, 0.05) is 47.4 Å². The van der Waals surface area contributed by atoms with Crippen molar-refractivity contribution in [1.82, 2.24) is 9.62 Å². The number of piperazine rings is 1. The molecule has 2 bridgehead atoms. The van der Waals surface area contributed by atoms with Crippen molar-refractivity contribution in [3.8, 4) is 0 Å². The van der Waals surface area contributed by atoms with E-state index >= 15 is 0 Å². The molecular weight excluding hydrogens is 515 g/mol. The maximum Gasteiger partial charge on any atom is 0.241 e. The maximum atomic E-state index is 15.0. The molecule has 0 aliphatic carbocycles. The van der Waals surface area contributed by atoms with Gasteiger partial charge in [0.25, 0.3) is 0 Å². The Morgan fingerprint density at radius 2 is 1.97 bits per heavy atom. The summed E-state index contributed by atoms with van der Waals surface area (Å²) in [5.41, 5.74) is 8.06. The Hall–Kier alpha value is -2.04. The Bertz CT molecular complexity index is 1210. The fraction of sp³-hybridized carbons (Fsp3) is 0.519. The third-order valence-electron chi connectivity index (χ3n) is 7.53. The zero-order valence-corrected chi connectivity index (χ0v) is 22.9. The van der Waals surface area contributed by atoms with Gasteiger partial charge < -0.3 is 16.4 Å². The van der Waals surface area contributed by atoms with Crippen LogP contribution >= 0.6 is 11.6 Å². The molecule has 202 valence electrons. The van der Waals surface area contributed by atoms with Crippen molar-refractivity contribution in [2.24, 2.45) is 11.7 Å². The summed E-state index contributed by atoms with van der Waals surface area (Å²) in [6.45, 7) is 4.98. The molecule has 0 aromatic heterocycles. The van der Waals surface area contributed by atoms with Crippen LogP contribution in [0.5, 0.6) is 0 Å². The van der Waals surface area contributed by atoms with Gasteiger partial charge in [0.1, 0.15) is 5.82 Å². The van der Waals surface area contributed by atoms with Gasteiger partial charge in [-0.15, -0.1) is 0 Å². The van der Waals surface area contributed by atoms with Crippen LogP contribution in [0.15, 0.2) is 42.5 Å². The summed E-state index contributed by atoms with van der Waals surface area (Å²) < 4.78 is 42.1. The first-order valence-electron chi connectivity index (χ1n) is 12.9. The number of sulfonamides is 1. The molecule has 2 saturated heterocycles. The third kappa shape index (κ3) is 6.52. The van der Waals surface area contributed by atoms with E-state index in [0.29, 0.717) is 42.2 Å². The first-order chi connectivity index (χ1) is 17.6. The van der Waals surface area contributed by atoms with Crippen LogP contribution in [0.1, 0.15) is 50.2 Å². The molecule has 0 spiro atoms. The number of halogens is 2. The highest BCUT2D eigenvalue weighted by Gasteiger charge is 2.38. The summed E-state index contributed by atoms with van der Waals surface area (Å²) in [7, 11) is -3.34. The summed E-state index contributed by atoms with van der Waals surface area (Å²) in [4.78, 5) is 13.3. The van der Waals surface area contributed by atoms with Crippen LogP contribution in [-0.2, 0) is 21.2 Å². The molecule has 4 rings (SSSR count). The van der Waals surface area contributed by atoms with E-state index in [9.17, 15) is 17.6 Å². The second-order valence-corrected chi connectivity index (χ2v) is 12.9. The highest BCUT2D eigenvalue weighted by Crippen LogP contribution is 2.30. The number of hydrogen-bond acceptors (Lipinski definition) is 5. The number of rotatable bonds is 8. The summed E-state index contributed by atoms with van der Waals surface area (Å²) in [5.74, 6) is -0.885. The summed E-state index contributed by atoms with van der Waals surface area (Å²) >= 11 is 6.03. The molecule has 0 saturated carbocycles. The zero-order chi connectivity index (χ0) is 26.7. The van der Waals surface area contributed by atoms with Crippen LogP contribution in [0.25, 0.3) is 0 Å². The zero-order valence-electron chi connectivity index (χ0n) is 21.3. The second-order valence-electron chi connectivity index (χ2n) is 10.4. The molecular formula is C27H36ClFN4O3S. The molecule has 2 aliphatic rings. The first kappa shape index (κ1) is 28.0. The molecule has 0 radical (unpaired) electrons. The normalized spacial score (nSPS) is 24.8. The Morgan fingerprint density at radius 1 is 1.24 bits per heavy atom. The minimum atomic E-state index is -3.34. The lowest BCUT2D eigenvalue weighted by molar-refractivity contribution is -0.118. The monoisotopic (exact) mass is 550 g/mol. The van der Waals surface area contributed by atoms with Crippen LogP contribution in [0, 0.1) is 11.7 Å². The number of nitrogens with two attached hydrogens (primary N) is 1. The Labute approximate surface area is 224 Å². The number of carbonyl (C=O) groups is 1. The van der Waals surface area contributed by atoms with Gasteiger partial charge in [-0.1, -0.05) is 43.6 Å². The van der Waals surface area contributed by atoms with Crippen LogP contribution in [-0.4, -0.2) is 55.6 Å². The Balaban J connectivity index is 1.49. The van der Waals surface area contributed by atoms with Crippen molar-refractivity contribution >= 4 is 33.2 Å². The van der Waals surface area contributed by atoms with Crippen LogP contribution in [0.3, 0.4) is 0 Å². The number of hydrogen-bond donors (Lipinski definition) is 3. The van der Waals surface area contributed by atoms with Crippen LogP contribution in [0.2, 0.25) is 5.02 Å². The van der Waals surface area contributed by atoms with E-state index in [-0.39, 0.29) is 36.1 Å². The number of carbonyl (C=O) groups excluding carboxylic acids is 1. The Kier molecular flexibility index (Phi) is 8.91. The van der Waals surface area contributed by atoms with E-state index < -0.39 is 27.8 Å². The fourth-order valence-corrected chi connectivity index (χ4v) is 7.49. The first-order valence-corrected chi connectivity index (χ1v) is 14.9. The molecule has 2 aliphatic heterocycles. The van der Waals surface area contributed by atoms with Gasteiger partial charge in [-0.2, -0.15) is 4.31 Å². The van der Waals surface area contributed by atoms with E-state index in [0.717, 1.165) is 12.0 Å². The Morgan fingerprint density at radius 3 is 2.68 bits per heavy atom. The summed E-state index contributed by atoms with van der Waals surface area (Å²) in [5, 5.41) is 6.89. The molecule has 1 amide bonds. The summed E-state index contributed by atoms with van der Waals surface area (Å²) in [6, 6.07) is 10.9. The third-order valence-corrected chi connectivity index (χ3v) is 9.75. The second kappa shape index (κ2) is 11.8. The molecule has 37 heavy (non-hydrogen) atoms. The highest BCUT2D eigenvalue weighted by molar-refractivity contribution is 7.89. The van der Waals surface area contributed by atoms with Crippen molar-refractivity contribution in [2.75, 3.05) is 24.2 Å². The van der Waals surface area contributed by atoms with E-state index in [1.54, 1.807) is 28.6 Å². The molecule has 3 unspecified atom stereocenters. The van der Waals surface area contributed by atoms with Crippen molar-refractivity contribution in [3.63, 3.8) is 0 Å². The lowest BCUT2D eigenvalue weighted by Gasteiger charge is -2.37. The van der Waals surface area contributed by atoms with Crippen LogP contribution in [0.4, 0.5) is 10.1 Å². The van der Waals surface area contributed by atoms with Crippen LogP contribution < -0.4 is 16.4 Å². The number of benzene rings is 2. The molecule has 2 aromatic carbocycles. The quantitative estimate of drug-likeness (QED) is 0.462. The van der Waals surface area contributed by atoms with E-state index in [2.05, 4.69) is 10.6 Å². The number of amides is 1. The molecule has 2 heterocycles. The van der Waals surface area contributed by atoms with E-state index in [1.165, 1.54) is 6.07 Å². The largest absolute Gasteiger partial charge is 0.324 e. The lowest BCUT2D eigenvalue weighted by Crippen LogP contribution is -2.57. The minimum absolute atomic E-state index is 0.0760. The standard InChI is InChI=1S/C27H36ClFN4O3S/c1-17(2)25(18-8-10-19(28)11-9-18)26(30)27(34)32-24-7-3-6-23(29)22(24)13-12-21-15-31-20-5-4-14-37(35,36)33(21)16-20/h3,6-11,17,20-21,25-26,31H,4-5,12-16,30H2,1-2H3,(H,32,34)/t20?,21?,25-,26+/m1/s1. The van der Waals surface area contributed by atoms with Gasteiger partial charge in [-0.25, -0.2) is 12.8 Å². The number of anilines is 1. The summed E-state index contributed by atoms with van der Waals surface area (Å²) in [6.07, 6.45) is 2.19. The average molecular weight is 551 g/mol. The smallest absolute Gasteiger partial charge is 0.241 e. The van der Waals surface area contributed by atoms with Crippen molar-refractivity contribution < 1.29 is 17.6 Å².